The number of piperidine rings is 2. The van der Waals surface area contributed by atoms with Crippen molar-refractivity contribution in [1.82, 2.24) is 9.80 Å². The van der Waals surface area contributed by atoms with Gasteiger partial charge >= 0.3 is 0 Å². The molecule has 1 unspecified atom stereocenters. The van der Waals surface area contributed by atoms with Crippen molar-refractivity contribution in [2.45, 2.75) is 52.4 Å². The molecule has 0 aromatic carbocycles. The zero-order valence-electron chi connectivity index (χ0n) is 12.9. The molecule has 0 saturated carbocycles. The molecule has 4 nitrogen and oxygen atoms in total. The number of amides is 2. The zero-order chi connectivity index (χ0) is 14.5. The fourth-order valence-corrected chi connectivity index (χ4v) is 3.34. The highest BCUT2D eigenvalue weighted by molar-refractivity contribution is 5.85. The smallest absolute Gasteiger partial charge is 0.242 e. The van der Waals surface area contributed by atoms with E-state index in [9.17, 15) is 9.59 Å². The highest BCUT2D eigenvalue weighted by Crippen LogP contribution is 2.26. The Kier molecular flexibility index (Phi) is 5.44. The van der Waals surface area contributed by atoms with Crippen molar-refractivity contribution < 1.29 is 9.59 Å². The van der Waals surface area contributed by atoms with Crippen molar-refractivity contribution in [2.24, 2.45) is 11.8 Å². The molecule has 0 radical (unpaired) electrons. The summed E-state index contributed by atoms with van der Waals surface area (Å²) in [5, 5.41) is 0. The third-order valence-electron chi connectivity index (χ3n) is 5.09. The lowest BCUT2D eigenvalue weighted by Crippen LogP contribution is -2.47. The van der Waals surface area contributed by atoms with Gasteiger partial charge in [-0.25, -0.2) is 0 Å². The van der Waals surface area contributed by atoms with E-state index in [2.05, 4.69) is 13.8 Å². The number of hydrogen-bond acceptors (Lipinski definition) is 2. The summed E-state index contributed by atoms with van der Waals surface area (Å²) in [5.74, 6) is 1.82. The molecular weight excluding hydrogens is 252 g/mol. The summed E-state index contributed by atoms with van der Waals surface area (Å²) in [6.45, 7) is 7.35. The molecule has 4 heteroatoms. The van der Waals surface area contributed by atoms with Gasteiger partial charge in [0.05, 0.1) is 6.54 Å². The summed E-state index contributed by atoms with van der Waals surface area (Å²) < 4.78 is 0. The van der Waals surface area contributed by atoms with Gasteiger partial charge < -0.3 is 9.80 Å². The SMILES string of the molecule is CCC(C)C1CCN(C(=O)CN2CCCCC2=O)CC1. The van der Waals surface area contributed by atoms with Crippen molar-refractivity contribution in [1.29, 1.82) is 0 Å². The third kappa shape index (κ3) is 3.74. The predicted molar refractivity (Wildman–Crippen MR) is 79.2 cm³/mol. The van der Waals surface area contributed by atoms with E-state index in [-0.39, 0.29) is 11.8 Å². The van der Waals surface area contributed by atoms with Crippen molar-refractivity contribution in [3.8, 4) is 0 Å². The Morgan fingerprint density at radius 3 is 2.55 bits per heavy atom. The molecule has 0 spiro atoms. The van der Waals surface area contributed by atoms with E-state index in [4.69, 9.17) is 0 Å². The first kappa shape index (κ1) is 15.3. The van der Waals surface area contributed by atoms with E-state index in [1.165, 1.54) is 6.42 Å². The van der Waals surface area contributed by atoms with Crippen LogP contribution in [0.1, 0.15) is 52.4 Å². The van der Waals surface area contributed by atoms with Gasteiger partial charge in [0.1, 0.15) is 0 Å². The maximum absolute atomic E-state index is 12.3. The van der Waals surface area contributed by atoms with E-state index in [0.717, 1.165) is 57.2 Å². The number of carbonyl (C=O) groups excluding carboxylic acids is 2. The van der Waals surface area contributed by atoms with Crippen LogP contribution in [0.25, 0.3) is 0 Å². The van der Waals surface area contributed by atoms with Crippen molar-refractivity contribution >= 4 is 11.8 Å². The van der Waals surface area contributed by atoms with Crippen LogP contribution >= 0.6 is 0 Å². The lowest BCUT2D eigenvalue weighted by atomic mass is 9.84. The molecule has 0 aromatic heterocycles. The molecule has 0 aromatic rings. The van der Waals surface area contributed by atoms with Crippen molar-refractivity contribution in [3.05, 3.63) is 0 Å². The van der Waals surface area contributed by atoms with Gasteiger partial charge in [-0.15, -0.1) is 0 Å². The van der Waals surface area contributed by atoms with Crippen LogP contribution in [0, 0.1) is 11.8 Å². The maximum Gasteiger partial charge on any atom is 0.242 e. The van der Waals surface area contributed by atoms with Gasteiger partial charge in [-0.05, 0) is 37.5 Å². The van der Waals surface area contributed by atoms with Gasteiger partial charge in [-0.2, -0.15) is 0 Å². The van der Waals surface area contributed by atoms with Crippen LogP contribution in [0.15, 0.2) is 0 Å². The first-order valence-corrected chi connectivity index (χ1v) is 8.17. The summed E-state index contributed by atoms with van der Waals surface area (Å²) in [6, 6.07) is 0. The first-order chi connectivity index (χ1) is 9.61. The monoisotopic (exact) mass is 280 g/mol. The van der Waals surface area contributed by atoms with Crippen LogP contribution in [0.2, 0.25) is 0 Å². The summed E-state index contributed by atoms with van der Waals surface area (Å²) in [6.07, 6.45) is 6.09. The topological polar surface area (TPSA) is 40.6 Å². The summed E-state index contributed by atoms with van der Waals surface area (Å²) in [4.78, 5) is 27.7. The number of likely N-dealkylation sites (tertiary alicyclic amines) is 2. The first-order valence-electron chi connectivity index (χ1n) is 8.17. The summed E-state index contributed by atoms with van der Waals surface area (Å²) in [7, 11) is 0. The predicted octanol–water partition coefficient (Wildman–Crippen LogP) is 2.28. The normalized spacial score (nSPS) is 23.0. The van der Waals surface area contributed by atoms with Crippen LogP contribution in [-0.4, -0.2) is 47.8 Å². The highest BCUT2D eigenvalue weighted by atomic mass is 16.2. The number of carbonyl (C=O) groups is 2. The molecule has 1 atom stereocenters. The van der Waals surface area contributed by atoms with E-state index in [0.29, 0.717) is 13.0 Å². The third-order valence-corrected chi connectivity index (χ3v) is 5.09. The molecule has 2 aliphatic rings. The fourth-order valence-electron chi connectivity index (χ4n) is 3.34. The lowest BCUT2D eigenvalue weighted by Gasteiger charge is -2.36. The number of rotatable bonds is 4. The molecule has 2 amide bonds. The minimum atomic E-state index is 0.142. The fraction of sp³-hybridized carbons (Fsp3) is 0.875. The number of nitrogens with zero attached hydrogens (tertiary/aromatic N) is 2. The molecule has 2 aliphatic heterocycles. The van der Waals surface area contributed by atoms with Crippen molar-refractivity contribution in [2.75, 3.05) is 26.2 Å². The van der Waals surface area contributed by atoms with Crippen molar-refractivity contribution in [3.63, 3.8) is 0 Å². The standard InChI is InChI=1S/C16H28N2O2/c1-3-13(2)14-7-10-17(11-8-14)16(20)12-18-9-5-4-6-15(18)19/h13-14H,3-12H2,1-2H3. The van der Waals surface area contributed by atoms with E-state index < -0.39 is 0 Å². The second kappa shape index (κ2) is 7.09. The van der Waals surface area contributed by atoms with E-state index in [1.807, 2.05) is 4.90 Å². The Morgan fingerprint density at radius 2 is 1.95 bits per heavy atom. The molecule has 0 N–H and O–H groups in total. The van der Waals surface area contributed by atoms with Gasteiger partial charge in [0, 0.05) is 26.1 Å². The minimum absolute atomic E-state index is 0.142. The Hall–Kier alpha value is -1.06. The molecular formula is C16H28N2O2. The molecule has 2 saturated heterocycles. The molecule has 2 fully saturated rings. The van der Waals surface area contributed by atoms with Gasteiger partial charge in [-0.3, -0.25) is 9.59 Å². The molecule has 2 heterocycles. The van der Waals surface area contributed by atoms with Gasteiger partial charge in [0.15, 0.2) is 0 Å². The quantitative estimate of drug-likeness (QED) is 0.792. The van der Waals surface area contributed by atoms with Crippen LogP contribution in [-0.2, 0) is 9.59 Å². The van der Waals surface area contributed by atoms with Crippen LogP contribution < -0.4 is 0 Å². The average Bonchev–Trinajstić information content (AvgIpc) is 2.49. The van der Waals surface area contributed by atoms with Gasteiger partial charge in [0.25, 0.3) is 0 Å². The maximum atomic E-state index is 12.3. The van der Waals surface area contributed by atoms with Crippen LogP contribution in [0.5, 0.6) is 0 Å². The minimum Gasteiger partial charge on any atom is -0.341 e. The molecule has 114 valence electrons. The molecule has 2 rings (SSSR count). The van der Waals surface area contributed by atoms with Crippen LogP contribution in [0.4, 0.5) is 0 Å². The van der Waals surface area contributed by atoms with Gasteiger partial charge in [-0.1, -0.05) is 20.3 Å². The zero-order valence-corrected chi connectivity index (χ0v) is 12.9. The van der Waals surface area contributed by atoms with E-state index >= 15 is 0 Å². The number of hydrogen-bond donors (Lipinski definition) is 0. The Bertz CT molecular complexity index is 348. The Morgan fingerprint density at radius 1 is 1.25 bits per heavy atom. The Balaban J connectivity index is 1.78. The largest absolute Gasteiger partial charge is 0.341 e. The second-order valence-corrected chi connectivity index (χ2v) is 6.38. The lowest BCUT2D eigenvalue weighted by molar-refractivity contribution is -0.142. The van der Waals surface area contributed by atoms with Crippen LogP contribution in [0.3, 0.4) is 0 Å². The summed E-state index contributed by atoms with van der Waals surface area (Å²) >= 11 is 0. The summed E-state index contributed by atoms with van der Waals surface area (Å²) in [5.41, 5.74) is 0. The van der Waals surface area contributed by atoms with E-state index in [1.54, 1.807) is 4.90 Å². The molecule has 0 bridgehead atoms. The molecule has 0 aliphatic carbocycles. The Labute approximate surface area is 122 Å². The van der Waals surface area contributed by atoms with Gasteiger partial charge in [0.2, 0.25) is 11.8 Å². The second-order valence-electron chi connectivity index (χ2n) is 6.38. The highest BCUT2D eigenvalue weighted by Gasteiger charge is 2.28. The molecule has 20 heavy (non-hydrogen) atoms. The average molecular weight is 280 g/mol.